The molecule has 0 amide bonds. The number of anilines is 1. The monoisotopic (exact) mass is 303 g/mol. The quantitative estimate of drug-likeness (QED) is 0.873. The predicted octanol–water partition coefficient (Wildman–Crippen LogP) is 3.67. The number of halogens is 2. The maximum atomic E-state index is 9.67. The first-order valence-electron chi connectivity index (χ1n) is 5.31. The average molecular weight is 305 g/mol. The van der Waals surface area contributed by atoms with Crippen molar-refractivity contribution in [3.8, 4) is 0 Å². The maximum absolute atomic E-state index is 9.67. The van der Waals surface area contributed by atoms with Crippen LogP contribution in [0.1, 0.15) is 20.3 Å². The molecule has 88 valence electrons. The van der Waals surface area contributed by atoms with Gasteiger partial charge in [0.15, 0.2) is 0 Å². The van der Waals surface area contributed by atoms with Crippen LogP contribution in [0.2, 0.25) is 5.02 Å². The zero-order valence-electron chi connectivity index (χ0n) is 9.30. The molecule has 1 saturated carbocycles. The molecule has 2 N–H and O–H groups in total. The molecular formula is C12H15BrClNO. The molecule has 2 nitrogen and oxygen atoms in total. The Hall–Kier alpha value is -0.250. The van der Waals surface area contributed by atoms with Gasteiger partial charge < -0.3 is 10.4 Å². The summed E-state index contributed by atoms with van der Waals surface area (Å²) in [5.41, 5.74) is 0.902. The van der Waals surface area contributed by atoms with Gasteiger partial charge in [-0.05, 0) is 40.5 Å². The standard InChI is InChI=1S/C12H15BrClNO/c1-12(2)10(6-11(12)16)15-9-5-7(14)3-4-8(9)13/h3-5,10-11,15-16H,6H2,1-2H3. The lowest BCUT2D eigenvalue weighted by Crippen LogP contribution is -2.56. The van der Waals surface area contributed by atoms with E-state index in [2.05, 4.69) is 35.1 Å². The van der Waals surface area contributed by atoms with Crippen molar-refractivity contribution < 1.29 is 5.11 Å². The van der Waals surface area contributed by atoms with Gasteiger partial charge in [-0.3, -0.25) is 0 Å². The molecule has 0 aliphatic heterocycles. The SMILES string of the molecule is CC1(C)C(O)CC1Nc1cc(Cl)ccc1Br. The van der Waals surface area contributed by atoms with E-state index in [1.165, 1.54) is 0 Å². The topological polar surface area (TPSA) is 32.3 Å². The molecule has 16 heavy (non-hydrogen) atoms. The molecule has 0 aromatic heterocycles. The number of aliphatic hydroxyl groups excluding tert-OH is 1. The Balaban J connectivity index is 2.13. The second-order valence-electron chi connectivity index (χ2n) is 4.89. The lowest BCUT2D eigenvalue weighted by atomic mass is 9.64. The first kappa shape index (κ1) is 12.2. The zero-order valence-corrected chi connectivity index (χ0v) is 11.6. The molecule has 0 saturated heterocycles. The second kappa shape index (κ2) is 4.21. The number of benzene rings is 1. The molecule has 2 atom stereocenters. The van der Waals surface area contributed by atoms with Crippen molar-refractivity contribution in [3.63, 3.8) is 0 Å². The lowest BCUT2D eigenvalue weighted by Gasteiger charge is -2.50. The highest BCUT2D eigenvalue weighted by Crippen LogP contribution is 2.43. The number of nitrogens with one attached hydrogen (secondary N) is 1. The second-order valence-corrected chi connectivity index (χ2v) is 6.18. The Morgan fingerprint density at radius 2 is 2.19 bits per heavy atom. The predicted molar refractivity (Wildman–Crippen MR) is 71.0 cm³/mol. The number of aliphatic hydroxyl groups is 1. The lowest BCUT2D eigenvalue weighted by molar-refractivity contribution is -0.0510. The van der Waals surface area contributed by atoms with Gasteiger partial charge in [-0.25, -0.2) is 0 Å². The zero-order chi connectivity index (χ0) is 11.9. The number of rotatable bonds is 2. The van der Waals surface area contributed by atoms with E-state index in [1.807, 2.05) is 18.2 Å². The first-order valence-corrected chi connectivity index (χ1v) is 6.48. The van der Waals surface area contributed by atoms with Gasteiger partial charge >= 0.3 is 0 Å². The molecular weight excluding hydrogens is 289 g/mol. The summed E-state index contributed by atoms with van der Waals surface area (Å²) in [6, 6.07) is 5.95. The normalized spacial score (nSPS) is 27.3. The first-order chi connectivity index (χ1) is 7.41. The average Bonchev–Trinajstić information content (AvgIpc) is 2.23. The fourth-order valence-electron chi connectivity index (χ4n) is 1.94. The maximum Gasteiger partial charge on any atom is 0.0630 e. The van der Waals surface area contributed by atoms with Crippen molar-refractivity contribution in [2.24, 2.45) is 5.41 Å². The molecule has 0 spiro atoms. The smallest absolute Gasteiger partial charge is 0.0630 e. The summed E-state index contributed by atoms with van der Waals surface area (Å²) < 4.78 is 0.995. The van der Waals surface area contributed by atoms with Crippen LogP contribution in [0.15, 0.2) is 22.7 Å². The van der Waals surface area contributed by atoms with Gasteiger partial charge in [-0.15, -0.1) is 0 Å². The van der Waals surface area contributed by atoms with Gasteiger partial charge in [0, 0.05) is 21.0 Å². The van der Waals surface area contributed by atoms with Gasteiger partial charge in [0.05, 0.1) is 11.8 Å². The van der Waals surface area contributed by atoms with E-state index in [9.17, 15) is 5.11 Å². The van der Waals surface area contributed by atoms with Crippen LogP contribution in [0.4, 0.5) is 5.69 Å². The third-order valence-electron chi connectivity index (χ3n) is 3.47. The molecule has 2 rings (SSSR count). The van der Waals surface area contributed by atoms with Gasteiger partial charge in [0.1, 0.15) is 0 Å². The minimum atomic E-state index is -0.219. The van der Waals surface area contributed by atoms with E-state index in [-0.39, 0.29) is 17.6 Å². The van der Waals surface area contributed by atoms with Crippen molar-refractivity contribution in [1.82, 2.24) is 0 Å². The Bertz CT molecular complexity index is 408. The van der Waals surface area contributed by atoms with Gasteiger partial charge in [-0.1, -0.05) is 25.4 Å². The summed E-state index contributed by atoms with van der Waals surface area (Å²) in [6.07, 6.45) is 0.564. The highest BCUT2D eigenvalue weighted by molar-refractivity contribution is 9.10. The van der Waals surface area contributed by atoms with Crippen molar-refractivity contribution in [2.75, 3.05) is 5.32 Å². The van der Waals surface area contributed by atoms with Gasteiger partial charge in [-0.2, -0.15) is 0 Å². The van der Waals surface area contributed by atoms with Crippen molar-refractivity contribution in [2.45, 2.75) is 32.4 Å². The van der Waals surface area contributed by atoms with E-state index < -0.39 is 0 Å². The van der Waals surface area contributed by atoms with E-state index >= 15 is 0 Å². The molecule has 4 heteroatoms. The fourth-order valence-corrected chi connectivity index (χ4v) is 2.48. The van der Waals surface area contributed by atoms with Crippen molar-refractivity contribution >= 4 is 33.2 Å². The highest BCUT2D eigenvalue weighted by Gasteiger charge is 2.47. The van der Waals surface area contributed by atoms with Crippen LogP contribution in [0.5, 0.6) is 0 Å². The van der Waals surface area contributed by atoms with E-state index in [0.29, 0.717) is 5.02 Å². The van der Waals surface area contributed by atoms with Crippen LogP contribution in [0.25, 0.3) is 0 Å². The molecule has 1 aromatic carbocycles. The minimum Gasteiger partial charge on any atom is -0.392 e. The van der Waals surface area contributed by atoms with Crippen LogP contribution in [0, 0.1) is 5.41 Å². The molecule has 2 unspecified atom stereocenters. The summed E-state index contributed by atoms with van der Waals surface area (Å²) in [5.74, 6) is 0. The van der Waals surface area contributed by atoms with Crippen LogP contribution in [0.3, 0.4) is 0 Å². The largest absolute Gasteiger partial charge is 0.392 e. The summed E-state index contributed by atoms with van der Waals surface area (Å²) in [6.45, 7) is 4.13. The Morgan fingerprint density at radius 1 is 1.50 bits per heavy atom. The van der Waals surface area contributed by atoms with E-state index in [1.54, 1.807) is 0 Å². The molecule has 0 radical (unpaired) electrons. The molecule has 1 fully saturated rings. The minimum absolute atomic E-state index is 0.0816. The summed E-state index contributed by atoms with van der Waals surface area (Å²) >= 11 is 9.43. The number of hydrogen-bond donors (Lipinski definition) is 2. The molecule has 0 heterocycles. The Labute approximate surface area is 109 Å². The van der Waals surface area contributed by atoms with Crippen molar-refractivity contribution in [3.05, 3.63) is 27.7 Å². The highest BCUT2D eigenvalue weighted by atomic mass is 79.9. The Kier molecular flexibility index (Phi) is 3.21. The molecule has 1 aromatic rings. The van der Waals surface area contributed by atoms with Gasteiger partial charge in [0.2, 0.25) is 0 Å². The van der Waals surface area contributed by atoms with E-state index in [4.69, 9.17) is 11.6 Å². The van der Waals surface area contributed by atoms with Crippen molar-refractivity contribution in [1.29, 1.82) is 0 Å². The van der Waals surface area contributed by atoms with Gasteiger partial charge in [0.25, 0.3) is 0 Å². The van der Waals surface area contributed by atoms with Crippen LogP contribution in [-0.4, -0.2) is 17.3 Å². The van der Waals surface area contributed by atoms with Crippen LogP contribution < -0.4 is 5.32 Å². The Morgan fingerprint density at radius 3 is 2.75 bits per heavy atom. The third-order valence-corrected chi connectivity index (χ3v) is 4.40. The summed E-state index contributed by atoms with van der Waals surface area (Å²) in [7, 11) is 0. The number of hydrogen-bond acceptors (Lipinski definition) is 2. The summed E-state index contributed by atoms with van der Waals surface area (Å²) in [4.78, 5) is 0. The summed E-state index contributed by atoms with van der Waals surface area (Å²) in [5, 5.41) is 13.8. The van der Waals surface area contributed by atoms with E-state index in [0.717, 1.165) is 16.6 Å². The molecule has 1 aliphatic rings. The molecule has 1 aliphatic carbocycles. The van der Waals surface area contributed by atoms with Crippen LogP contribution in [-0.2, 0) is 0 Å². The van der Waals surface area contributed by atoms with Crippen LogP contribution >= 0.6 is 27.5 Å². The fraction of sp³-hybridized carbons (Fsp3) is 0.500. The molecule has 0 bridgehead atoms. The third kappa shape index (κ3) is 2.08.